The van der Waals surface area contributed by atoms with Crippen molar-refractivity contribution in [2.45, 2.75) is 46.1 Å². The fourth-order valence-electron chi connectivity index (χ4n) is 2.84. The van der Waals surface area contributed by atoms with Crippen LogP contribution >= 0.6 is 11.3 Å². The molecule has 118 valence electrons. The molecule has 3 nitrogen and oxygen atoms in total. The number of aryl methyl sites for hydroxylation is 3. The second-order valence-corrected chi connectivity index (χ2v) is 8.15. The highest BCUT2D eigenvalue weighted by atomic mass is 32.2. The molecule has 0 radical (unpaired) electrons. The van der Waals surface area contributed by atoms with Crippen LogP contribution < -0.4 is 0 Å². The normalized spacial score (nSPS) is 12.4. The summed E-state index contributed by atoms with van der Waals surface area (Å²) in [7, 11) is -1.02. The summed E-state index contributed by atoms with van der Waals surface area (Å²) >= 11 is 1.58. The lowest BCUT2D eigenvalue weighted by molar-refractivity contribution is 0.101. The van der Waals surface area contributed by atoms with Gasteiger partial charge in [-0.05, 0) is 56.9 Å². The first-order valence-corrected chi connectivity index (χ1v) is 9.53. The van der Waals surface area contributed by atoms with Crippen molar-refractivity contribution in [1.29, 1.82) is 0 Å². The van der Waals surface area contributed by atoms with Crippen LogP contribution in [0.1, 0.15) is 50.2 Å². The number of carbonyl (C=O) groups excluding carboxylic acids is 1. The van der Waals surface area contributed by atoms with Gasteiger partial charge in [-0.3, -0.25) is 9.00 Å². The second-order valence-electron chi connectivity index (χ2n) is 5.63. The van der Waals surface area contributed by atoms with E-state index in [9.17, 15) is 9.00 Å². The molecule has 1 heterocycles. The Labute approximate surface area is 138 Å². The molecule has 0 bridgehead atoms. The second kappa shape index (κ2) is 6.84. The summed E-state index contributed by atoms with van der Waals surface area (Å²) < 4.78 is 12.5. The predicted molar refractivity (Wildman–Crippen MR) is 93.1 cm³/mol. The Kier molecular flexibility index (Phi) is 5.29. The van der Waals surface area contributed by atoms with Crippen molar-refractivity contribution in [2.75, 3.05) is 0 Å². The molecule has 2 aromatic rings. The summed E-state index contributed by atoms with van der Waals surface area (Å²) in [5, 5.41) is 2.96. The van der Waals surface area contributed by atoms with Gasteiger partial charge < -0.3 is 0 Å². The molecule has 0 saturated carbocycles. The minimum atomic E-state index is -1.02. The van der Waals surface area contributed by atoms with Crippen LogP contribution in [0.2, 0.25) is 0 Å². The van der Waals surface area contributed by atoms with Crippen molar-refractivity contribution in [3.63, 3.8) is 0 Å². The molecule has 5 heteroatoms. The zero-order valence-corrected chi connectivity index (χ0v) is 15.3. The molecular weight excluding hydrogens is 314 g/mol. The predicted octanol–water partition coefficient (Wildman–Crippen LogP) is 4.03. The number of aromatic nitrogens is 1. The maximum absolute atomic E-state index is 12.5. The number of thiazole rings is 1. The highest BCUT2D eigenvalue weighted by Gasteiger charge is 2.16. The smallest absolute Gasteiger partial charge is 0.160 e. The summed E-state index contributed by atoms with van der Waals surface area (Å²) in [5.74, 6) is 0.999. The van der Waals surface area contributed by atoms with Gasteiger partial charge in [-0.15, -0.1) is 11.3 Å². The van der Waals surface area contributed by atoms with Gasteiger partial charge >= 0.3 is 0 Å². The van der Waals surface area contributed by atoms with E-state index >= 15 is 0 Å². The van der Waals surface area contributed by atoms with Gasteiger partial charge in [-0.1, -0.05) is 6.07 Å². The summed E-state index contributed by atoms with van der Waals surface area (Å²) in [6.45, 7) is 9.46. The molecule has 0 unspecified atom stereocenters. The van der Waals surface area contributed by atoms with E-state index in [1.807, 2.05) is 39.1 Å². The van der Waals surface area contributed by atoms with Crippen LogP contribution in [-0.2, 0) is 22.3 Å². The van der Waals surface area contributed by atoms with E-state index in [4.69, 9.17) is 0 Å². The third-order valence-corrected chi connectivity index (χ3v) is 5.81. The van der Waals surface area contributed by atoms with Gasteiger partial charge in [-0.25, -0.2) is 4.98 Å². The minimum Gasteiger partial charge on any atom is -0.294 e. The molecule has 0 aliphatic carbocycles. The lowest BCUT2D eigenvalue weighted by Crippen LogP contribution is -2.09. The number of rotatable bonds is 5. The van der Waals surface area contributed by atoms with Crippen molar-refractivity contribution in [3.05, 3.63) is 50.0 Å². The van der Waals surface area contributed by atoms with Crippen molar-refractivity contribution < 1.29 is 9.00 Å². The molecule has 0 N–H and O–H groups in total. The van der Waals surface area contributed by atoms with Gasteiger partial charge in [0.25, 0.3) is 0 Å². The van der Waals surface area contributed by atoms with Crippen molar-refractivity contribution in [2.24, 2.45) is 0 Å². The van der Waals surface area contributed by atoms with Gasteiger partial charge in [-0.2, -0.15) is 0 Å². The zero-order valence-electron chi connectivity index (χ0n) is 13.6. The maximum Gasteiger partial charge on any atom is 0.160 e. The average molecular weight is 335 g/mol. The topological polar surface area (TPSA) is 47.0 Å². The Morgan fingerprint density at radius 3 is 2.41 bits per heavy atom. The van der Waals surface area contributed by atoms with Gasteiger partial charge in [0.05, 0.1) is 16.5 Å². The summed E-state index contributed by atoms with van der Waals surface area (Å²) in [5.41, 5.74) is 5.74. The van der Waals surface area contributed by atoms with E-state index in [0.29, 0.717) is 11.5 Å². The standard InChI is InChI=1S/C17H21NO2S2/c1-10-6-11(2)17(13(4)19)12(3)16(10)9-22(20)8-15-7-21-14(5)18-15/h6-7H,8-9H2,1-5H3/t22-/m1/s1. The van der Waals surface area contributed by atoms with E-state index in [1.165, 1.54) is 0 Å². The molecule has 2 rings (SSSR count). The number of Topliss-reactive ketones (excluding diaryl/α,β-unsaturated/α-hetero) is 1. The van der Waals surface area contributed by atoms with Crippen molar-refractivity contribution in [3.8, 4) is 0 Å². The highest BCUT2D eigenvalue weighted by Crippen LogP contribution is 2.25. The first kappa shape index (κ1) is 17.0. The molecule has 1 atom stereocenters. The van der Waals surface area contributed by atoms with Crippen LogP contribution in [0.5, 0.6) is 0 Å². The third-order valence-electron chi connectivity index (χ3n) is 3.76. The fraction of sp³-hybridized carbons (Fsp3) is 0.412. The Morgan fingerprint density at radius 1 is 1.18 bits per heavy atom. The maximum atomic E-state index is 12.5. The van der Waals surface area contributed by atoms with Crippen LogP contribution in [-0.4, -0.2) is 15.0 Å². The van der Waals surface area contributed by atoms with Crippen LogP contribution in [0.15, 0.2) is 11.4 Å². The number of benzene rings is 1. The highest BCUT2D eigenvalue weighted by molar-refractivity contribution is 7.83. The summed E-state index contributed by atoms with van der Waals surface area (Å²) in [6.07, 6.45) is 0. The molecule has 0 aliphatic rings. The lowest BCUT2D eigenvalue weighted by Gasteiger charge is -2.15. The summed E-state index contributed by atoms with van der Waals surface area (Å²) in [6, 6.07) is 2.02. The van der Waals surface area contributed by atoms with Crippen molar-refractivity contribution >= 4 is 27.9 Å². The monoisotopic (exact) mass is 335 g/mol. The molecule has 22 heavy (non-hydrogen) atoms. The Bertz CT molecular complexity index is 747. The Hall–Kier alpha value is -1.33. The van der Waals surface area contributed by atoms with Crippen LogP contribution in [0.3, 0.4) is 0 Å². The minimum absolute atomic E-state index is 0.0668. The van der Waals surface area contributed by atoms with Crippen LogP contribution in [0.25, 0.3) is 0 Å². The molecular formula is C17H21NO2S2. The van der Waals surface area contributed by atoms with E-state index in [1.54, 1.807) is 18.3 Å². The van der Waals surface area contributed by atoms with E-state index in [2.05, 4.69) is 4.98 Å². The van der Waals surface area contributed by atoms with Gasteiger partial charge in [0.1, 0.15) is 0 Å². The van der Waals surface area contributed by atoms with E-state index < -0.39 is 10.8 Å². The quantitative estimate of drug-likeness (QED) is 0.775. The van der Waals surface area contributed by atoms with Crippen LogP contribution in [0.4, 0.5) is 0 Å². The van der Waals surface area contributed by atoms with Gasteiger partial charge in [0.2, 0.25) is 0 Å². The number of nitrogens with zero attached hydrogens (tertiary/aromatic N) is 1. The molecule has 1 aromatic heterocycles. The lowest BCUT2D eigenvalue weighted by atomic mass is 9.92. The molecule has 1 aromatic carbocycles. The van der Waals surface area contributed by atoms with E-state index in [-0.39, 0.29) is 5.78 Å². The first-order chi connectivity index (χ1) is 10.3. The molecule has 0 amide bonds. The van der Waals surface area contributed by atoms with E-state index in [0.717, 1.165) is 38.5 Å². The van der Waals surface area contributed by atoms with Gasteiger partial charge in [0, 0.05) is 27.5 Å². The number of carbonyl (C=O) groups is 1. The average Bonchev–Trinajstić information content (AvgIpc) is 2.79. The molecule has 0 aliphatic heterocycles. The number of hydrogen-bond donors (Lipinski definition) is 0. The Balaban J connectivity index is 2.27. The zero-order chi connectivity index (χ0) is 16.4. The van der Waals surface area contributed by atoms with Gasteiger partial charge in [0.15, 0.2) is 5.78 Å². The molecule has 0 spiro atoms. The largest absolute Gasteiger partial charge is 0.294 e. The third kappa shape index (κ3) is 3.70. The molecule has 0 fully saturated rings. The number of hydrogen-bond acceptors (Lipinski definition) is 4. The Morgan fingerprint density at radius 2 is 1.86 bits per heavy atom. The first-order valence-electron chi connectivity index (χ1n) is 7.16. The number of ketones is 1. The molecule has 0 saturated heterocycles. The van der Waals surface area contributed by atoms with Crippen LogP contribution in [0, 0.1) is 27.7 Å². The SMILES string of the molecule is CC(=O)c1c(C)cc(C)c(C[S@](=O)Cc2csc(C)n2)c1C. The summed E-state index contributed by atoms with van der Waals surface area (Å²) in [4.78, 5) is 16.2. The fourth-order valence-corrected chi connectivity index (χ4v) is 4.91. The van der Waals surface area contributed by atoms with Crippen molar-refractivity contribution in [1.82, 2.24) is 4.98 Å².